The van der Waals surface area contributed by atoms with Crippen LogP contribution in [-0.4, -0.2) is 43.8 Å². The molecular formula is C36H37Cl2N3O4S. The number of nitrogens with zero attached hydrogens (tertiary/aromatic N) is 2. The lowest BCUT2D eigenvalue weighted by Gasteiger charge is -2.34. The second-order valence-electron chi connectivity index (χ2n) is 11.6. The van der Waals surface area contributed by atoms with Gasteiger partial charge in [0, 0.05) is 29.1 Å². The summed E-state index contributed by atoms with van der Waals surface area (Å²) in [6, 6.07) is 28.5. The third-order valence-corrected chi connectivity index (χ3v) is 10.7. The van der Waals surface area contributed by atoms with Crippen molar-refractivity contribution in [2.45, 2.75) is 62.6 Å². The molecule has 1 N–H and O–H groups in total. The first-order chi connectivity index (χ1) is 22.1. The van der Waals surface area contributed by atoms with E-state index in [4.69, 9.17) is 23.2 Å². The van der Waals surface area contributed by atoms with Gasteiger partial charge in [-0.2, -0.15) is 0 Å². The van der Waals surface area contributed by atoms with E-state index >= 15 is 0 Å². The van der Waals surface area contributed by atoms with Crippen LogP contribution >= 0.6 is 23.2 Å². The molecule has 0 bridgehead atoms. The van der Waals surface area contributed by atoms with Crippen molar-refractivity contribution in [3.63, 3.8) is 0 Å². The zero-order chi connectivity index (χ0) is 32.7. The quantitative estimate of drug-likeness (QED) is 0.172. The van der Waals surface area contributed by atoms with Crippen LogP contribution in [0, 0.1) is 6.92 Å². The summed E-state index contributed by atoms with van der Waals surface area (Å²) in [5.74, 6) is -0.819. The Kier molecular flexibility index (Phi) is 11.0. The Balaban J connectivity index is 1.57. The van der Waals surface area contributed by atoms with Crippen LogP contribution in [0.3, 0.4) is 0 Å². The number of amides is 2. The van der Waals surface area contributed by atoms with E-state index in [0.29, 0.717) is 15.6 Å². The molecule has 1 fully saturated rings. The van der Waals surface area contributed by atoms with Gasteiger partial charge in [-0.15, -0.1) is 0 Å². The largest absolute Gasteiger partial charge is 0.352 e. The van der Waals surface area contributed by atoms with E-state index in [2.05, 4.69) is 5.32 Å². The first-order valence-corrected chi connectivity index (χ1v) is 17.5. The van der Waals surface area contributed by atoms with E-state index < -0.39 is 28.5 Å². The van der Waals surface area contributed by atoms with E-state index in [-0.39, 0.29) is 35.5 Å². The summed E-state index contributed by atoms with van der Waals surface area (Å²) in [4.78, 5) is 30.2. The van der Waals surface area contributed by atoms with E-state index in [0.717, 1.165) is 41.1 Å². The standard InChI is InChI=1S/C36H37Cl2N3O4S/c1-26-19-20-31(23-33(26)38)41(46(44,45)32-17-6-3-7-18-32)25-35(42)40(24-28-13-10-14-29(37)21-28)34(22-27-11-4-2-5-12-27)36(43)39-30-15-8-9-16-30/h2-7,10-14,17-21,23,30,34H,8-9,15-16,22,24-25H2,1H3,(H,39,43). The Bertz CT molecular complexity index is 1760. The van der Waals surface area contributed by atoms with Gasteiger partial charge in [-0.1, -0.05) is 103 Å². The number of benzene rings is 4. The fourth-order valence-electron chi connectivity index (χ4n) is 5.74. The lowest BCUT2D eigenvalue weighted by Crippen LogP contribution is -2.54. The number of aryl methyl sites for hydroxylation is 1. The smallest absolute Gasteiger partial charge is 0.264 e. The van der Waals surface area contributed by atoms with E-state index in [1.807, 2.05) is 43.3 Å². The molecule has 0 saturated heterocycles. The van der Waals surface area contributed by atoms with Gasteiger partial charge in [0.1, 0.15) is 12.6 Å². The molecule has 0 radical (unpaired) electrons. The number of carbonyl (C=O) groups is 2. The van der Waals surface area contributed by atoms with Crippen molar-refractivity contribution >= 4 is 50.7 Å². The minimum atomic E-state index is -4.21. The molecule has 0 aromatic heterocycles. The van der Waals surface area contributed by atoms with Gasteiger partial charge in [-0.3, -0.25) is 13.9 Å². The minimum absolute atomic E-state index is 0.0264. The normalized spacial score (nSPS) is 14.1. The predicted octanol–water partition coefficient (Wildman–Crippen LogP) is 7.20. The number of hydrogen-bond acceptors (Lipinski definition) is 4. The van der Waals surface area contributed by atoms with Crippen molar-refractivity contribution < 1.29 is 18.0 Å². The number of halogens is 2. The highest BCUT2D eigenvalue weighted by atomic mass is 35.5. The van der Waals surface area contributed by atoms with E-state index in [9.17, 15) is 18.0 Å². The lowest BCUT2D eigenvalue weighted by atomic mass is 10.0. The van der Waals surface area contributed by atoms with Crippen molar-refractivity contribution in [3.8, 4) is 0 Å². The molecule has 2 amide bonds. The van der Waals surface area contributed by atoms with Gasteiger partial charge in [0.05, 0.1) is 10.6 Å². The number of hydrogen-bond donors (Lipinski definition) is 1. The molecule has 1 unspecified atom stereocenters. The van der Waals surface area contributed by atoms with Crippen LogP contribution in [0.4, 0.5) is 5.69 Å². The van der Waals surface area contributed by atoms with E-state index in [1.54, 1.807) is 54.6 Å². The average Bonchev–Trinajstić information content (AvgIpc) is 3.56. The second-order valence-corrected chi connectivity index (χ2v) is 14.3. The Labute approximate surface area is 281 Å². The molecule has 10 heteroatoms. The molecule has 4 aromatic carbocycles. The molecule has 1 saturated carbocycles. The van der Waals surface area contributed by atoms with Gasteiger partial charge in [-0.05, 0) is 72.9 Å². The van der Waals surface area contributed by atoms with Gasteiger partial charge in [0.25, 0.3) is 10.0 Å². The van der Waals surface area contributed by atoms with Crippen LogP contribution in [0.1, 0.15) is 42.4 Å². The van der Waals surface area contributed by atoms with Gasteiger partial charge < -0.3 is 10.2 Å². The van der Waals surface area contributed by atoms with Crippen molar-refractivity contribution in [2.75, 3.05) is 10.8 Å². The van der Waals surface area contributed by atoms with Crippen LogP contribution in [0.15, 0.2) is 108 Å². The summed E-state index contributed by atoms with van der Waals surface area (Å²) in [5, 5.41) is 4.03. The number of anilines is 1. The maximum absolute atomic E-state index is 14.6. The van der Waals surface area contributed by atoms with Crippen molar-refractivity contribution in [1.29, 1.82) is 0 Å². The Morgan fingerprint density at radius 2 is 1.50 bits per heavy atom. The SMILES string of the molecule is Cc1ccc(N(CC(=O)N(Cc2cccc(Cl)c2)C(Cc2ccccc2)C(=O)NC2CCCC2)S(=O)(=O)c2ccccc2)cc1Cl. The maximum Gasteiger partial charge on any atom is 0.264 e. The van der Waals surface area contributed by atoms with Crippen LogP contribution in [0.2, 0.25) is 10.0 Å². The molecule has 1 aliphatic rings. The minimum Gasteiger partial charge on any atom is -0.352 e. The highest BCUT2D eigenvalue weighted by Gasteiger charge is 2.35. The predicted molar refractivity (Wildman–Crippen MR) is 183 cm³/mol. The van der Waals surface area contributed by atoms with E-state index in [1.165, 1.54) is 17.0 Å². The monoisotopic (exact) mass is 677 g/mol. The van der Waals surface area contributed by atoms with Crippen molar-refractivity contribution in [1.82, 2.24) is 10.2 Å². The summed E-state index contributed by atoms with van der Waals surface area (Å²) in [6.07, 6.45) is 4.07. The number of rotatable bonds is 12. The summed E-state index contributed by atoms with van der Waals surface area (Å²) in [5.41, 5.74) is 2.59. The fourth-order valence-corrected chi connectivity index (χ4v) is 7.55. The molecule has 5 rings (SSSR count). The fraction of sp³-hybridized carbons (Fsp3) is 0.278. The Hall–Kier alpha value is -3.85. The first-order valence-electron chi connectivity index (χ1n) is 15.3. The maximum atomic E-state index is 14.6. The zero-order valence-electron chi connectivity index (χ0n) is 25.6. The van der Waals surface area contributed by atoms with Gasteiger partial charge in [0.2, 0.25) is 11.8 Å². The summed E-state index contributed by atoms with van der Waals surface area (Å²) in [7, 11) is -4.21. The zero-order valence-corrected chi connectivity index (χ0v) is 27.9. The number of nitrogens with one attached hydrogen (secondary N) is 1. The van der Waals surface area contributed by atoms with Crippen molar-refractivity contribution in [3.05, 3.63) is 130 Å². The molecule has 0 aliphatic heterocycles. The van der Waals surface area contributed by atoms with Gasteiger partial charge >= 0.3 is 0 Å². The van der Waals surface area contributed by atoms with Crippen LogP contribution in [0.25, 0.3) is 0 Å². The summed E-state index contributed by atoms with van der Waals surface area (Å²) >= 11 is 12.8. The average molecular weight is 679 g/mol. The third-order valence-electron chi connectivity index (χ3n) is 8.27. The number of sulfonamides is 1. The molecule has 46 heavy (non-hydrogen) atoms. The van der Waals surface area contributed by atoms with Gasteiger partial charge in [-0.25, -0.2) is 8.42 Å². The highest BCUT2D eigenvalue weighted by molar-refractivity contribution is 7.92. The highest BCUT2D eigenvalue weighted by Crippen LogP contribution is 2.29. The Morgan fingerprint density at radius 1 is 0.848 bits per heavy atom. The Morgan fingerprint density at radius 3 is 2.15 bits per heavy atom. The van der Waals surface area contributed by atoms with Crippen LogP contribution in [-0.2, 0) is 32.6 Å². The molecule has 240 valence electrons. The molecule has 1 aliphatic carbocycles. The molecule has 7 nitrogen and oxygen atoms in total. The second kappa shape index (κ2) is 15.2. The lowest BCUT2D eigenvalue weighted by molar-refractivity contribution is -0.140. The molecule has 4 aromatic rings. The van der Waals surface area contributed by atoms with Gasteiger partial charge in [0.15, 0.2) is 0 Å². The van der Waals surface area contributed by atoms with Crippen molar-refractivity contribution in [2.24, 2.45) is 0 Å². The summed E-state index contributed by atoms with van der Waals surface area (Å²) in [6.45, 7) is 1.30. The third kappa shape index (κ3) is 8.29. The number of carbonyl (C=O) groups excluding carboxylic acids is 2. The molecule has 0 heterocycles. The molecule has 0 spiro atoms. The first kappa shape index (κ1) is 33.5. The van der Waals surface area contributed by atoms with Crippen LogP contribution in [0.5, 0.6) is 0 Å². The topological polar surface area (TPSA) is 86.8 Å². The molecular weight excluding hydrogens is 641 g/mol. The summed E-state index contributed by atoms with van der Waals surface area (Å²) < 4.78 is 29.3. The molecule has 1 atom stereocenters. The van der Waals surface area contributed by atoms with Crippen LogP contribution < -0.4 is 9.62 Å².